The smallest absolute Gasteiger partial charge is 0.210 e. The Bertz CT molecular complexity index is 1890. The SMILES string of the molecule is CCC(=O)C[C@@]1(O)C(=O)C(Br)=C2Oc3ccc4cc(Br)ccc4c3C=C2[C@@]12Cc1c(ccc3cc(Br)ccc13)O2. The van der Waals surface area contributed by atoms with Crippen molar-refractivity contribution in [3.63, 3.8) is 0 Å². The Morgan fingerprint density at radius 2 is 1.57 bits per heavy atom. The number of aliphatic hydroxyl groups is 1. The number of hydrogen-bond donors (Lipinski definition) is 1. The predicted molar refractivity (Wildman–Crippen MR) is 165 cm³/mol. The van der Waals surface area contributed by atoms with Crippen LogP contribution in [-0.2, 0) is 16.0 Å². The Kier molecular flexibility index (Phi) is 5.95. The van der Waals surface area contributed by atoms with E-state index >= 15 is 0 Å². The summed E-state index contributed by atoms with van der Waals surface area (Å²) >= 11 is 10.5. The van der Waals surface area contributed by atoms with Crippen LogP contribution in [0, 0.1) is 0 Å². The van der Waals surface area contributed by atoms with Crippen LogP contribution in [0.25, 0.3) is 27.6 Å². The summed E-state index contributed by atoms with van der Waals surface area (Å²) in [6, 6.07) is 19.6. The molecule has 2 aliphatic heterocycles. The summed E-state index contributed by atoms with van der Waals surface area (Å²) in [6.07, 6.45) is 1.94. The van der Waals surface area contributed by atoms with Gasteiger partial charge < -0.3 is 14.6 Å². The van der Waals surface area contributed by atoms with Crippen molar-refractivity contribution in [1.82, 2.24) is 0 Å². The highest BCUT2D eigenvalue weighted by atomic mass is 79.9. The van der Waals surface area contributed by atoms with Gasteiger partial charge in [0.1, 0.15) is 21.8 Å². The first-order valence-electron chi connectivity index (χ1n) is 12.9. The van der Waals surface area contributed by atoms with Crippen LogP contribution >= 0.6 is 47.8 Å². The Morgan fingerprint density at radius 1 is 0.925 bits per heavy atom. The molecule has 0 radical (unpaired) electrons. The van der Waals surface area contributed by atoms with E-state index in [0.717, 1.165) is 41.6 Å². The van der Waals surface area contributed by atoms with E-state index in [9.17, 15) is 14.7 Å². The van der Waals surface area contributed by atoms with E-state index in [-0.39, 0.29) is 29.5 Å². The third-order valence-electron chi connectivity index (χ3n) is 8.21. The molecule has 200 valence electrons. The number of benzene rings is 4. The van der Waals surface area contributed by atoms with Crippen LogP contribution in [0.3, 0.4) is 0 Å². The van der Waals surface area contributed by atoms with E-state index in [1.807, 2.05) is 66.7 Å². The summed E-state index contributed by atoms with van der Waals surface area (Å²) in [7, 11) is 0. The lowest BCUT2D eigenvalue weighted by Gasteiger charge is -2.48. The molecule has 40 heavy (non-hydrogen) atoms. The molecule has 4 aromatic carbocycles. The zero-order valence-corrected chi connectivity index (χ0v) is 25.9. The molecule has 0 unspecified atom stereocenters. The molecule has 0 aromatic heterocycles. The molecule has 0 saturated carbocycles. The van der Waals surface area contributed by atoms with Crippen molar-refractivity contribution in [1.29, 1.82) is 0 Å². The fourth-order valence-electron chi connectivity index (χ4n) is 6.18. The van der Waals surface area contributed by atoms with Crippen LogP contribution in [0.2, 0.25) is 0 Å². The van der Waals surface area contributed by atoms with E-state index in [1.54, 1.807) is 6.92 Å². The van der Waals surface area contributed by atoms with Crippen molar-refractivity contribution >= 4 is 87.0 Å². The number of fused-ring (bicyclic) bond motifs is 8. The van der Waals surface area contributed by atoms with Crippen molar-refractivity contribution in [2.45, 2.75) is 37.4 Å². The minimum atomic E-state index is -2.16. The number of Topliss-reactive ketones (excluding diaryl/α,β-unsaturated/α-hetero) is 2. The maximum atomic E-state index is 14.0. The number of hydrogen-bond acceptors (Lipinski definition) is 5. The molecule has 0 bridgehead atoms. The van der Waals surface area contributed by atoms with Gasteiger partial charge in [0.05, 0.1) is 0 Å². The van der Waals surface area contributed by atoms with Gasteiger partial charge in [-0.3, -0.25) is 9.59 Å². The van der Waals surface area contributed by atoms with E-state index in [1.165, 1.54) is 0 Å². The summed E-state index contributed by atoms with van der Waals surface area (Å²) in [5.41, 5.74) is -1.54. The zero-order chi connectivity index (χ0) is 28.0. The normalized spacial score (nSPS) is 23.0. The van der Waals surface area contributed by atoms with Gasteiger partial charge in [0.15, 0.2) is 17.0 Å². The van der Waals surface area contributed by atoms with Crippen molar-refractivity contribution in [2.24, 2.45) is 0 Å². The number of ketones is 2. The molecule has 2 atom stereocenters. The fourth-order valence-corrected chi connectivity index (χ4v) is 7.56. The maximum absolute atomic E-state index is 14.0. The molecule has 0 amide bonds. The summed E-state index contributed by atoms with van der Waals surface area (Å²) in [5, 5.41) is 16.3. The largest absolute Gasteiger partial charge is 0.478 e. The number of carbonyl (C=O) groups is 2. The lowest BCUT2D eigenvalue weighted by Crippen LogP contribution is -2.66. The summed E-state index contributed by atoms with van der Waals surface area (Å²) in [6.45, 7) is 1.72. The average Bonchev–Trinajstić information content (AvgIpc) is 3.36. The van der Waals surface area contributed by atoms with Gasteiger partial charge in [-0.15, -0.1) is 0 Å². The maximum Gasteiger partial charge on any atom is 0.210 e. The van der Waals surface area contributed by atoms with Crippen LogP contribution in [0.4, 0.5) is 0 Å². The van der Waals surface area contributed by atoms with Gasteiger partial charge in [0, 0.05) is 44.9 Å². The average molecular weight is 725 g/mol. The topological polar surface area (TPSA) is 72.8 Å². The Balaban J connectivity index is 1.52. The van der Waals surface area contributed by atoms with Gasteiger partial charge in [-0.05, 0) is 79.9 Å². The van der Waals surface area contributed by atoms with Crippen LogP contribution in [0.5, 0.6) is 11.5 Å². The van der Waals surface area contributed by atoms with Crippen molar-refractivity contribution in [3.8, 4) is 11.5 Å². The molecule has 2 heterocycles. The van der Waals surface area contributed by atoms with Gasteiger partial charge in [0.25, 0.3) is 0 Å². The van der Waals surface area contributed by atoms with Gasteiger partial charge in [0.2, 0.25) is 5.78 Å². The molecule has 1 aliphatic carbocycles. The first kappa shape index (κ1) is 26.1. The number of rotatable bonds is 3. The van der Waals surface area contributed by atoms with Gasteiger partial charge >= 0.3 is 0 Å². The molecule has 3 aliphatic rings. The lowest BCUT2D eigenvalue weighted by molar-refractivity contribution is -0.160. The predicted octanol–water partition coefficient (Wildman–Crippen LogP) is 7.96. The first-order valence-corrected chi connectivity index (χ1v) is 15.2. The molecule has 4 aromatic rings. The zero-order valence-electron chi connectivity index (χ0n) is 21.2. The molecule has 7 rings (SSSR count). The molecular weight excluding hydrogens is 704 g/mol. The van der Waals surface area contributed by atoms with Gasteiger partial charge in [-0.1, -0.05) is 63.0 Å². The Hall–Kier alpha value is -2.78. The number of carbonyl (C=O) groups excluding carboxylic acids is 2. The molecular formula is C32H21Br3O5. The van der Waals surface area contributed by atoms with Crippen LogP contribution in [-0.4, -0.2) is 27.9 Å². The number of ether oxygens (including phenoxy) is 2. The second-order valence-corrected chi connectivity index (χ2v) is 13.0. The molecule has 0 saturated heterocycles. The van der Waals surface area contributed by atoms with Gasteiger partial charge in [-0.2, -0.15) is 0 Å². The van der Waals surface area contributed by atoms with E-state index in [4.69, 9.17) is 9.47 Å². The van der Waals surface area contributed by atoms with Crippen LogP contribution < -0.4 is 9.47 Å². The Labute approximate surface area is 255 Å². The van der Waals surface area contributed by atoms with E-state index in [2.05, 4.69) is 47.8 Å². The standard InChI is InChI=1S/C32H21Br3O5/c1-2-20(36)14-31(38)30(37)28(35)29-25(13-23-21-7-5-18(33)11-16(21)3-9-26(23)39-29)32(31)15-24-22-8-6-19(34)12-17(22)4-10-27(24)40-32/h3-13,38H,2,14-15H2,1H3/t31-,32+/m1/s1. The summed E-state index contributed by atoms with van der Waals surface area (Å²) in [4.78, 5) is 26.9. The lowest BCUT2D eigenvalue weighted by atomic mass is 9.65. The summed E-state index contributed by atoms with van der Waals surface area (Å²) < 4.78 is 15.1. The van der Waals surface area contributed by atoms with Crippen molar-refractivity contribution in [3.05, 3.63) is 96.6 Å². The highest BCUT2D eigenvalue weighted by Gasteiger charge is 2.67. The monoisotopic (exact) mass is 722 g/mol. The highest BCUT2D eigenvalue weighted by Crippen LogP contribution is 2.57. The molecule has 1 N–H and O–H groups in total. The third-order valence-corrected chi connectivity index (χ3v) is 9.92. The van der Waals surface area contributed by atoms with Crippen LogP contribution in [0.1, 0.15) is 30.9 Å². The quantitative estimate of drug-likeness (QED) is 0.232. The number of halogens is 3. The molecule has 1 spiro atoms. The van der Waals surface area contributed by atoms with E-state index < -0.39 is 17.0 Å². The second-order valence-electron chi connectivity index (χ2n) is 10.4. The van der Waals surface area contributed by atoms with E-state index in [0.29, 0.717) is 22.8 Å². The van der Waals surface area contributed by atoms with Crippen LogP contribution in [0.15, 0.2) is 85.4 Å². The second kappa shape index (κ2) is 9.11. The highest BCUT2D eigenvalue weighted by molar-refractivity contribution is 9.12. The minimum absolute atomic E-state index is 0.0886. The molecule has 8 heteroatoms. The fraction of sp³-hybridized carbons (Fsp3) is 0.188. The van der Waals surface area contributed by atoms with Crippen molar-refractivity contribution in [2.75, 3.05) is 0 Å². The minimum Gasteiger partial charge on any atom is -0.478 e. The van der Waals surface area contributed by atoms with Crippen molar-refractivity contribution < 1.29 is 24.2 Å². The molecule has 0 fully saturated rings. The molecule has 5 nitrogen and oxygen atoms in total. The Morgan fingerprint density at radius 3 is 2.27 bits per heavy atom. The first-order chi connectivity index (χ1) is 19.1. The van der Waals surface area contributed by atoms with Gasteiger partial charge in [-0.25, -0.2) is 0 Å². The summed E-state index contributed by atoms with van der Waals surface area (Å²) in [5.74, 6) is 0.586. The third kappa shape index (κ3) is 3.59.